The quantitative estimate of drug-likeness (QED) is 0.616. The monoisotopic (exact) mass is 248 g/mol. The Hall–Kier alpha value is -2.21. The van der Waals surface area contributed by atoms with Crippen LogP contribution in [0.1, 0.15) is 27.6 Å². The third-order valence-corrected chi connectivity index (χ3v) is 2.45. The Morgan fingerprint density at radius 1 is 1.22 bits per heavy atom. The second-order valence-electron chi connectivity index (χ2n) is 3.77. The van der Waals surface area contributed by atoms with Crippen molar-refractivity contribution in [2.45, 2.75) is 6.92 Å². The van der Waals surface area contributed by atoms with Gasteiger partial charge in [0.25, 0.3) is 11.8 Å². The van der Waals surface area contributed by atoms with Crippen molar-refractivity contribution < 1.29 is 19.2 Å². The van der Waals surface area contributed by atoms with E-state index in [0.29, 0.717) is 11.1 Å². The number of benzene rings is 1. The predicted octanol–water partition coefficient (Wildman–Crippen LogP) is 0.350. The largest absolute Gasteiger partial charge is 0.354 e. The van der Waals surface area contributed by atoms with Gasteiger partial charge in [0, 0.05) is 13.5 Å². The molecule has 1 aromatic carbocycles. The molecule has 0 spiro atoms. The van der Waals surface area contributed by atoms with E-state index in [0.717, 1.165) is 5.06 Å². The van der Waals surface area contributed by atoms with Crippen molar-refractivity contribution in [3.8, 4) is 0 Å². The maximum Gasteiger partial charge on any atom is 0.285 e. The SMILES string of the molecule is CC(=O)NCCON1C(=O)c2ccccc2C1=O. The highest BCUT2D eigenvalue weighted by Gasteiger charge is 2.36. The van der Waals surface area contributed by atoms with Crippen LogP contribution in [0.4, 0.5) is 0 Å². The fourth-order valence-corrected chi connectivity index (χ4v) is 1.65. The number of hydroxylamine groups is 2. The van der Waals surface area contributed by atoms with Gasteiger partial charge in [0.15, 0.2) is 0 Å². The van der Waals surface area contributed by atoms with Gasteiger partial charge in [-0.05, 0) is 12.1 Å². The van der Waals surface area contributed by atoms with Crippen LogP contribution in [-0.4, -0.2) is 35.9 Å². The Labute approximate surface area is 103 Å². The normalized spacial score (nSPS) is 13.7. The first kappa shape index (κ1) is 12.3. The molecule has 0 atom stereocenters. The summed E-state index contributed by atoms with van der Waals surface area (Å²) in [6.07, 6.45) is 0. The Bertz CT molecular complexity index is 478. The lowest BCUT2D eigenvalue weighted by Crippen LogP contribution is -2.34. The molecule has 0 aliphatic carbocycles. The van der Waals surface area contributed by atoms with Crippen LogP contribution in [-0.2, 0) is 9.63 Å². The van der Waals surface area contributed by atoms with E-state index in [2.05, 4.69) is 5.32 Å². The van der Waals surface area contributed by atoms with Crippen LogP contribution in [0.5, 0.6) is 0 Å². The predicted molar refractivity (Wildman–Crippen MR) is 61.6 cm³/mol. The molecular weight excluding hydrogens is 236 g/mol. The summed E-state index contributed by atoms with van der Waals surface area (Å²) in [5, 5.41) is 3.24. The van der Waals surface area contributed by atoms with E-state index in [4.69, 9.17) is 4.84 Å². The number of amides is 3. The summed E-state index contributed by atoms with van der Waals surface area (Å²) in [6, 6.07) is 6.52. The van der Waals surface area contributed by atoms with Crippen molar-refractivity contribution in [1.82, 2.24) is 10.4 Å². The lowest BCUT2D eigenvalue weighted by molar-refractivity contribution is -0.120. The molecule has 1 aromatic rings. The minimum Gasteiger partial charge on any atom is -0.354 e. The van der Waals surface area contributed by atoms with Gasteiger partial charge in [0.1, 0.15) is 0 Å². The van der Waals surface area contributed by atoms with Crippen LogP contribution in [0, 0.1) is 0 Å². The summed E-state index contributed by atoms with van der Waals surface area (Å²) < 4.78 is 0. The minimum absolute atomic E-state index is 0.0606. The molecule has 0 aromatic heterocycles. The summed E-state index contributed by atoms with van der Waals surface area (Å²) in [6.45, 7) is 1.68. The molecule has 94 valence electrons. The Kier molecular flexibility index (Phi) is 3.38. The van der Waals surface area contributed by atoms with Gasteiger partial charge in [-0.1, -0.05) is 12.1 Å². The first-order valence-electron chi connectivity index (χ1n) is 5.46. The molecular formula is C12H12N2O4. The second-order valence-corrected chi connectivity index (χ2v) is 3.77. The lowest BCUT2D eigenvalue weighted by Gasteiger charge is -2.13. The second kappa shape index (κ2) is 4.97. The molecule has 1 aliphatic rings. The number of fused-ring (bicyclic) bond motifs is 1. The lowest BCUT2D eigenvalue weighted by atomic mass is 10.1. The topological polar surface area (TPSA) is 75.7 Å². The van der Waals surface area contributed by atoms with Gasteiger partial charge < -0.3 is 5.32 Å². The zero-order valence-corrected chi connectivity index (χ0v) is 9.80. The van der Waals surface area contributed by atoms with Crippen molar-refractivity contribution in [3.63, 3.8) is 0 Å². The fourth-order valence-electron chi connectivity index (χ4n) is 1.65. The number of nitrogens with zero attached hydrogens (tertiary/aromatic N) is 1. The molecule has 1 heterocycles. The van der Waals surface area contributed by atoms with Gasteiger partial charge in [0.2, 0.25) is 5.91 Å². The molecule has 0 radical (unpaired) electrons. The molecule has 6 nitrogen and oxygen atoms in total. The van der Waals surface area contributed by atoms with E-state index in [-0.39, 0.29) is 19.1 Å². The highest BCUT2D eigenvalue weighted by molar-refractivity contribution is 6.20. The number of hydrogen-bond donors (Lipinski definition) is 1. The maximum atomic E-state index is 11.8. The Balaban J connectivity index is 1.99. The van der Waals surface area contributed by atoms with E-state index in [9.17, 15) is 14.4 Å². The van der Waals surface area contributed by atoms with Crippen molar-refractivity contribution >= 4 is 17.7 Å². The van der Waals surface area contributed by atoms with Crippen LogP contribution in [0.3, 0.4) is 0 Å². The Morgan fingerprint density at radius 3 is 2.28 bits per heavy atom. The first-order valence-corrected chi connectivity index (χ1v) is 5.46. The van der Waals surface area contributed by atoms with Crippen LogP contribution < -0.4 is 5.32 Å². The highest BCUT2D eigenvalue weighted by Crippen LogP contribution is 2.22. The maximum absolute atomic E-state index is 11.8. The molecule has 18 heavy (non-hydrogen) atoms. The van der Waals surface area contributed by atoms with E-state index in [1.165, 1.54) is 6.92 Å². The number of hydrogen-bond acceptors (Lipinski definition) is 4. The van der Waals surface area contributed by atoms with Gasteiger partial charge in [-0.25, -0.2) is 0 Å². The standard InChI is InChI=1S/C12H12N2O4/c1-8(15)13-6-7-18-14-11(16)9-4-2-3-5-10(9)12(14)17/h2-5H,6-7H2,1H3,(H,13,15). The van der Waals surface area contributed by atoms with Gasteiger partial charge in [-0.2, -0.15) is 0 Å². The minimum atomic E-state index is -0.474. The molecule has 0 unspecified atom stereocenters. The molecule has 1 aliphatic heterocycles. The van der Waals surface area contributed by atoms with E-state index in [1.807, 2.05) is 0 Å². The summed E-state index contributed by atoms with van der Waals surface area (Å²) in [5.41, 5.74) is 0.670. The number of carbonyl (C=O) groups excluding carboxylic acids is 3. The molecule has 0 saturated carbocycles. The van der Waals surface area contributed by atoms with E-state index >= 15 is 0 Å². The van der Waals surface area contributed by atoms with Gasteiger partial charge in [-0.15, -0.1) is 5.06 Å². The van der Waals surface area contributed by atoms with Gasteiger partial charge in [0.05, 0.1) is 17.7 Å². The van der Waals surface area contributed by atoms with Crippen LogP contribution in [0.15, 0.2) is 24.3 Å². The number of imide groups is 1. The molecule has 0 saturated heterocycles. The van der Waals surface area contributed by atoms with Crippen molar-refractivity contribution in [2.24, 2.45) is 0 Å². The number of carbonyl (C=O) groups is 3. The van der Waals surface area contributed by atoms with Crippen LogP contribution in [0.25, 0.3) is 0 Å². The molecule has 2 rings (SSSR count). The fraction of sp³-hybridized carbons (Fsp3) is 0.250. The molecule has 0 bridgehead atoms. The average molecular weight is 248 g/mol. The molecule has 3 amide bonds. The van der Waals surface area contributed by atoms with Crippen molar-refractivity contribution in [3.05, 3.63) is 35.4 Å². The molecule has 0 fully saturated rings. The Morgan fingerprint density at radius 2 is 1.78 bits per heavy atom. The third-order valence-electron chi connectivity index (χ3n) is 2.45. The van der Waals surface area contributed by atoms with E-state index in [1.54, 1.807) is 24.3 Å². The van der Waals surface area contributed by atoms with Crippen molar-refractivity contribution in [2.75, 3.05) is 13.2 Å². The average Bonchev–Trinajstić information content (AvgIpc) is 2.59. The summed E-state index contributed by atoms with van der Waals surface area (Å²) in [4.78, 5) is 39.4. The van der Waals surface area contributed by atoms with E-state index < -0.39 is 11.8 Å². The number of rotatable bonds is 4. The van der Waals surface area contributed by atoms with Crippen LogP contribution in [0.2, 0.25) is 0 Å². The molecule has 1 N–H and O–H groups in total. The van der Waals surface area contributed by atoms with Crippen molar-refractivity contribution in [1.29, 1.82) is 0 Å². The third kappa shape index (κ3) is 2.23. The van der Waals surface area contributed by atoms with Gasteiger partial charge in [-0.3, -0.25) is 19.2 Å². The first-order chi connectivity index (χ1) is 8.61. The number of nitrogens with one attached hydrogen (secondary N) is 1. The summed E-state index contributed by atoms with van der Waals surface area (Å²) in [7, 11) is 0. The van der Waals surface area contributed by atoms with Gasteiger partial charge >= 0.3 is 0 Å². The van der Waals surface area contributed by atoms with Crippen LogP contribution >= 0.6 is 0 Å². The summed E-state index contributed by atoms with van der Waals surface area (Å²) in [5.74, 6) is -1.14. The highest BCUT2D eigenvalue weighted by atomic mass is 16.7. The zero-order chi connectivity index (χ0) is 13.1. The smallest absolute Gasteiger partial charge is 0.285 e. The summed E-state index contributed by atoms with van der Waals surface area (Å²) >= 11 is 0. The molecule has 6 heteroatoms. The zero-order valence-electron chi connectivity index (χ0n) is 9.80.